The smallest absolute Gasteiger partial charge is 0.272 e. The fraction of sp³-hybridized carbons (Fsp3) is 0.588. The van der Waals surface area contributed by atoms with E-state index in [4.69, 9.17) is 15.2 Å². The van der Waals surface area contributed by atoms with Crippen molar-refractivity contribution in [2.45, 2.75) is 37.9 Å². The molecule has 3 heterocycles. The summed E-state index contributed by atoms with van der Waals surface area (Å²) < 4.78 is 10.8. The van der Waals surface area contributed by atoms with Crippen molar-refractivity contribution in [1.82, 2.24) is 9.88 Å². The molecule has 7 nitrogen and oxygen atoms in total. The summed E-state index contributed by atoms with van der Waals surface area (Å²) in [7, 11) is 1.57. The third-order valence-corrected chi connectivity index (χ3v) is 4.91. The molecule has 0 saturated carbocycles. The van der Waals surface area contributed by atoms with Gasteiger partial charge in [0.25, 0.3) is 5.91 Å². The standard InChI is InChI=1S/C17H23N3O4/c1-23-12-2-3-13(19-10-12)17(22)20-8-6-11(7-9-20)14-4-5-15(24-14)16(18)21/h2-3,10-11,14-15H,4-9H2,1H3,(H2,18,21)/t14-,15+/m0/s1. The number of primary amides is 1. The Morgan fingerprint density at radius 1 is 1.25 bits per heavy atom. The molecule has 2 saturated heterocycles. The number of hydrogen-bond acceptors (Lipinski definition) is 5. The van der Waals surface area contributed by atoms with Crippen LogP contribution in [0.4, 0.5) is 0 Å². The number of nitrogens with two attached hydrogens (primary N) is 1. The number of piperidine rings is 1. The van der Waals surface area contributed by atoms with Crippen molar-refractivity contribution in [2.24, 2.45) is 11.7 Å². The van der Waals surface area contributed by atoms with Gasteiger partial charge >= 0.3 is 0 Å². The van der Waals surface area contributed by atoms with Gasteiger partial charge in [0.1, 0.15) is 17.5 Å². The third kappa shape index (κ3) is 3.51. The molecule has 2 fully saturated rings. The van der Waals surface area contributed by atoms with Crippen LogP contribution in [0.15, 0.2) is 18.3 Å². The fourth-order valence-electron chi connectivity index (χ4n) is 3.48. The summed E-state index contributed by atoms with van der Waals surface area (Å²) in [5.41, 5.74) is 5.73. The zero-order valence-corrected chi connectivity index (χ0v) is 13.8. The highest BCUT2D eigenvalue weighted by Crippen LogP contribution is 2.32. The van der Waals surface area contributed by atoms with Gasteiger partial charge in [-0.2, -0.15) is 0 Å². The van der Waals surface area contributed by atoms with Gasteiger partial charge in [-0.25, -0.2) is 4.98 Å². The molecule has 2 aliphatic rings. The predicted octanol–water partition coefficient (Wildman–Crippen LogP) is 0.975. The van der Waals surface area contributed by atoms with Crippen molar-refractivity contribution in [3.63, 3.8) is 0 Å². The van der Waals surface area contributed by atoms with E-state index in [0.29, 0.717) is 36.9 Å². The Morgan fingerprint density at radius 3 is 2.54 bits per heavy atom. The van der Waals surface area contributed by atoms with E-state index in [2.05, 4.69) is 4.98 Å². The number of likely N-dealkylation sites (tertiary alicyclic amines) is 1. The maximum absolute atomic E-state index is 12.5. The lowest BCUT2D eigenvalue weighted by molar-refractivity contribution is -0.130. The van der Waals surface area contributed by atoms with E-state index in [0.717, 1.165) is 19.3 Å². The number of carbonyl (C=O) groups is 2. The van der Waals surface area contributed by atoms with Gasteiger partial charge in [0, 0.05) is 13.1 Å². The first-order valence-electron chi connectivity index (χ1n) is 8.32. The Hall–Kier alpha value is -2.15. The van der Waals surface area contributed by atoms with E-state index in [-0.39, 0.29) is 17.9 Å². The monoisotopic (exact) mass is 333 g/mol. The number of ether oxygens (including phenoxy) is 2. The van der Waals surface area contributed by atoms with Crippen LogP contribution in [0.1, 0.15) is 36.2 Å². The maximum Gasteiger partial charge on any atom is 0.272 e. The van der Waals surface area contributed by atoms with Gasteiger partial charge in [-0.05, 0) is 43.7 Å². The molecule has 1 aromatic heterocycles. The topological polar surface area (TPSA) is 94.8 Å². The number of aromatic nitrogens is 1. The van der Waals surface area contributed by atoms with Gasteiger partial charge in [0.15, 0.2) is 0 Å². The van der Waals surface area contributed by atoms with Crippen LogP contribution in [-0.2, 0) is 9.53 Å². The molecule has 0 spiro atoms. The molecule has 0 bridgehead atoms. The van der Waals surface area contributed by atoms with Crippen LogP contribution in [-0.4, -0.2) is 54.1 Å². The highest BCUT2D eigenvalue weighted by atomic mass is 16.5. The second kappa shape index (κ2) is 7.17. The summed E-state index contributed by atoms with van der Waals surface area (Å²) in [5.74, 6) is 0.573. The molecule has 2 amide bonds. The van der Waals surface area contributed by atoms with Crippen molar-refractivity contribution in [2.75, 3.05) is 20.2 Å². The van der Waals surface area contributed by atoms with Crippen LogP contribution in [0.25, 0.3) is 0 Å². The molecule has 24 heavy (non-hydrogen) atoms. The zero-order valence-electron chi connectivity index (χ0n) is 13.8. The quantitative estimate of drug-likeness (QED) is 0.886. The van der Waals surface area contributed by atoms with Crippen molar-refractivity contribution < 1.29 is 19.1 Å². The first-order chi connectivity index (χ1) is 11.6. The van der Waals surface area contributed by atoms with Gasteiger partial charge in [-0.3, -0.25) is 9.59 Å². The Bertz CT molecular complexity index is 596. The molecule has 3 rings (SSSR count). The van der Waals surface area contributed by atoms with Gasteiger partial charge < -0.3 is 20.1 Å². The third-order valence-electron chi connectivity index (χ3n) is 4.91. The number of pyridine rings is 1. The first-order valence-corrected chi connectivity index (χ1v) is 8.32. The summed E-state index contributed by atoms with van der Waals surface area (Å²) >= 11 is 0. The molecule has 1 aromatic rings. The zero-order chi connectivity index (χ0) is 17.1. The first kappa shape index (κ1) is 16.7. The van der Waals surface area contributed by atoms with E-state index in [1.54, 1.807) is 25.4 Å². The van der Waals surface area contributed by atoms with E-state index in [1.807, 2.05) is 4.90 Å². The van der Waals surface area contributed by atoms with E-state index in [1.165, 1.54) is 0 Å². The van der Waals surface area contributed by atoms with Crippen molar-refractivity contribution in [3.05, 3.63) is 24.0 Å². The van der Waals surface area contributed by atoms with Gasteiger partial charge in [-0.1, -0.05) is 0 Å². The highest BCUT2D eigenvalue weighted by molar-refractivity contribution is 5.92. The number of carbonyl (C=O) groups excluding carboxylic acids is 2. The number of amides is 2. The summed E-state index contributed by atoms with van der Waals surface area (Å²) in [5, 5.41) is 0. The average molecular weight is 333 g/mol. The van der Waals surface area contributed by atoms with Crippen molar-refractivity contribution >= 4 is 11.8 Å². The second-order valence-corrected chi connectivity index (χ2v) is 6.36. The number of methoxy groups -OCH3 is 1. The van der Waals surface area contributed by atoms with Crippen LogP contribution in [0.2, 0.25) is 0 Å². The molecule has 2 aliphatic heterocycles. The molecular weight excluding hydrogens is 310 g/mol. The summed E-state index contributed by atoms with van der Waals surface area (Å²) in [6, 6.07) is 3.42. The molecular formula is C17H23N3O4. The van der Waals surface area contributed by atoms with Crippen molar-refractivity contribution in [3.8, 4) is 5.75 Å². The Kier molecular flexibility index (Phi) is 4.99. The van der Waals surface area contributed by atoms with Crippen LogP contribution < -0.4 is 10.5 Å². The van der Waals surface area contributed by atoms with Gasteiger partial charge in [0.2, 0.25) is 5.91 Å². The lowest BCUT2D eigenvalue weighted by Crippen LogP contribution is -2.41. The fourth-order valence-corrected chi connectivity index (χ4v) is 3.48. The number of nitrogens with zero attached hydrogens (tertiary/aromatic N) is 2. The SMILES string of the molecule is COc1ccc(C(=O)N2CCC([C@@H]3CC[C@H](C(N)=O)O3)CC2)nc1. The van der Waals surface area contributed by atoms with E-state index >= 15 is 0 Å². The second-order valence-electron chi connectivity index (χ2n) is 6.36. The highest BCUT2D eigenvalue weighted by Gasteiger charge is 2.36. The molecule has 130 valence electrons. The molecule has 7 heteroatoms. The van der Waals surface area contributed by atoms with Crippen molar-refractivity contribution in [1.29, 1.82) is 0 Å². The average Bonchev–Trinajstić information content (AvgIpc) is 3.12. The minimum absolute atomic E-state index is 0.0570. The van der Waals surface area contributed by atoms with Gasteiger partial charge in [0.05, 0.1) is 19.4 Å². The normalized spacial score (nSPS) is 24.8. The minimum Gasteiger partial charge on any atom is -0.495 e. The lowest BCUT2D eigenvalue weighted by atomic mass is 9.89. The van der Waals surface area contributed by atoms with E-state index in [9.17, 15) is 9.59 Å². The van der Waals surface area contributed by atoms with E-state index < -0.39 is 6.10 Å². The molecule has 2 N–H and O–H groups in total. The van der Waals surface area contributed by atoms with Crippen LogP contribution in [0.5, 0.6) is 5.75 Å². The Morgan fingerprint density at radius 2 is 2.00 bits per heavy atom. The largest absolute Gasteiger partial charge is 0.495 e. The summed E-state index contributed by atoms with van der Waals surface area (Å²) in [6.45, 7) is 1.36. The molecule has 0 aromatic carbocycles. The van der Waals surface area contributed by atoms with Crippen LogP contribution in [0.3, 0.4) is 0 Å². The lowest BCUT2D eigenvalue weighted by Gasteiger charge is -2.34. The summed E-state index contributed by atoms with van der Waals surface area (Å²) in [6.07, 6.45) is 4.50. The minimum atomic E-state index is -0.446. The number of hydrogen-bond donors (Lipinski definition) is 1. The van der Waals surface area contributed by atoms with Crippen LogP contribution in [0, 0.1) is 5.92 Å². The molecule has 0 aliphatic carbocycles. The molecule has 2 atom stereocenters. The molecule has 0 radical (unpaired) electrons. The molecule has 0 unspecified atom stereocenters. The van der Waals surface area contributed by atoms with Gasteiger partial charge in [-0.15, -0.1) is 0 Å². The van der Waals surface area contributed by atoms with Crippen LogP contribution >= 0.6 is 0 Å². The number of rotatable bonds is 4. The Balaban J connectivity index is 1.53. The summed E-state index contributed by atoms with van der Waals surface area (Å²) in [4.78, 5) is 29.7. The Labute approximate surface area is 141 Å². The maximum atomic E-state index is 12.5. The predicted molar refractivity (Wildman–Crippen MR) is 86.5 cm³/mol.